The summed E-state index contributed by atoms with van der Waals surface area (Å²) in [5.74, 6) is -0.382. The number of ketones is 1. The van der Waals surface area contributed by atoms with Gasteiger partial charge in [-0.25, -0.2) is 0 Å². The third-order valence-corrected chi connectivity index (χ3v) is 3.01. The lowest BCUT2D eigenvalue weighted by Crippen LogP contribution is -2.02. The smallest absolute Gasteiger partial charge is 0.307 e. The summed E-state index contributed by atoms with van der Waals surface area (Å²) < 4.78 is 0. The summed E-state index contributed by atoms with van der Waals surface area (Å²) in [6.45, 7) is 1.52. The highest BCUT2D eigenvalue weighted by Gasteiger charge is 2.07. The number of hydrogen-bond acceptors (Lipinski definition) is 3. The summed E-state index contributed by atoms with van der Waals surface area (Å²) in [7, 11) is 0. The van der Waals surface area contributed by atoms with Crippen molar-refractivity contribution in [1.29, 1.82) is 0 Å². The van der Waals surface area contributed by atoms with Gasteiger partial charge in [-0.2, -0.15) is 0 Å². The summed E-state index contributed by atoms with van der Waals surface area (Å²) in [6, 6.07) is 7.26. The van der Waals surface area contributed by atoms with E-state index in [2.05, 4.69) is 0 Å². The molecule has 0 unspecified atom stereocenters. The van der Waals surface area contributed by atoms with Gasteiger partial charge >= 0.3 is 5.97 Å². The Morgan fingerprint density at radius 1 is 1.33 bits per heavy atom. The van der Waals surface area contributed by atoms with Gasteiger partial charge in [-0.3, -0.25) is 9.59 Å². The highest BCUT2D eigenvalue weighted by molar-refractivity contribution is 8.00. The summed E-state index contributed by atoms with van der Waals surface area (Å²) in [6.07, 6.45) is 0.00107. The number of carboxylic acids is 1. The SMILES string of the molecule is CC(=O)CSc1ccccc1CC(=O)O. The lowest BCUT2D eigenvalue weighted by atomic mass is 10.1. The van der Waals surface area contributed by atoms with Gasteiger partial charge in [0.15, 0.2) is 0 Å². The fraction of sp³-hybridized carbons (Fsp3) is 0.273. The molecule has 3 nitrogen and oxygen atoms in total. The molecule has 1 aromatic carbocycles. The van der Waals surface area contributed by atoms with Gasteiger partial charge in [0.2, 0.25) is 0 Å². The third-order valence-electron chi connectivity index (χ3n) is 1.75. The van der Waals surface area contributed by atoms with Gasteiger partial charge in [0.1, 0.15) is 5.78 Å². The highest BCUT2D eigenvalue weighted by Crippen LogP contribution is 2.22. The standard InChI is InChI=1S/C11H12O3S/c1-8(12)7-15-10-5-3-2-4-9(10)6-11(13)14/h2-5H,6-7H2,1H3,(H,13,14). The van der Waals surface area contributed by atoms with Crippen molar-refractivity contribution in [2.24, 2.45) is 0 Å². The number of rotatable bonds is 5. The van der Waals surface area contributed by atoms with Gasteiger partial charge in [0.05, 0.1) is 12.2 Å². The number of carbonyl (C=O) groups is 2. The van der Waals surface area contributed by atoms with Crippen LogP contribution in [0.1, 0.15) is 12.5 Å². The average Bonchev–Trinajstić information content (AvgIpc) is 2.15. The van der Waals surface area contributed by atoms with Crippen LogP contribution in [0, 0.1) is 0 Å². The van der Waals surface area contributed by atoms with Crippen LogP contribution in [0.3, 0.4) is 0 Å². The van der Waals surface area contributed by atoms with Crippen LogP contribution in [0.4, 0.5) is 0 Å². The number of aliphatic carboxylic acids is 1. The summed E-state index contributed by atoms with van der Waals surface area (Å²) in [5.41, 5.74) is 0.760. The molecule has 0 atom stereocenters. The molecule has 0 saturated heterocycles. The summed E-state index contributed by atoms with van der Waals surface area (Å²) >= 11 is 1.38. The Bertz CT molecular complexity index is 374. The third kappa shape index (κ3) is 4.16. The number of carboxylic acid groups (broad SMARTS) is 1. The van der Waals surface area contributed by atoms with E-state index in [1.165, 1.54) is 18.7 Å². The van der Waals surface area contributed by atoms with Crippen LogP contribution < -0.4 is 0 Å². The first-order valence-electron chi connectivity index (χ1n) is 4.51. The second-order valence-corrected chi connectivity index (χ2v) is 4.19. The first-order chi connectivity index (χ1) is 7.09. The van der Waals surface area contributed by atoms with Crippen molar-refractivity contribution in [3.05, 3.63) is 29.8 Å². The Balaban J connectivity index is 2.76. The van der Waals surface area contributed by atoms with Gasteiger partial charge in [0.25, 0.3) is 0 Å². The van der Waals surface area contributed by atoms with Crippen LogP contribution in [0.25, 0.3) is 0 Å². The van der Waals surface area contributed by atoms with Crippen molar-refractivity contribution < 1.29 is 14.7 Å². The number of Topliss-reactive ketones (excluding diaryl/α,β-unsaturated/α-hetero) is 1. The monoisotopic (exact) mass is 224 g/mol. The van der Waals surface area contributed by atoms with Gasteiger partial charge in [0, 0.05) is 4.90 Å². The van der Waals surface area contributed by atoms with Crippen LogP contribution in [0.15, 0.2) is 29.2 Å². The topological polar surface area (TPSA) is 54.4 Å². The van der Waals surface area contributed by atoms with E-state index in [0.717, 1.165) is 10.5 Å². The number of thioether (sulfide) groups is 1. The maximum atomic E-state index is 10.8. The second kappa shape index (κ2) is 5.56. The molecule has 0 saturated carbocycles. The fourth-order valence-electron chi connectivity index (χ4n) is 1.13. The molecular formula is C11H12O3S. The maximum absolute atomic E-state index is 10.8. The van der Waals surface area contributed by atoms with Crippen molar-refractivity contribution in [1.82, 2.24) is 0 Å². The molecule has 1 rings (SSSR count). The Morgan fingerprint density at radius 3 is 2.60 bits per heavy atom. The van der Waals surface area contributed by atoms with Crippen molar-refractivity contribution in [2.75, 3.05) is 5.75 Å². The van der Waals surface area contributed by atoms with Gasteiger partial charge in [-0.05, 0) is 18.6 Å². The summed E-state index contributed by atoms with van der Waals surface area (Å²) in [5, 5.41) is 8.69. The fourth-order valence-corrected chi connectivity index (χ4v) is 1.99. The zero-order valence-corrected chi connectivity index (χ0v) is 9.21. The largest absolute Gasteiger partial charge is 0.481 e. The molecule has 1 N–H and O–H groups in total. The number of carbonyl (C=O) groups excluding carboxylic acids is 1. The molecule has 0 amide bonds. The molecule has 0 bridgehead atoms. The van der Waals surface area contributed by atoms with E-state index in [-0.39, 0.29) is 12.2 Å². The van der Waals surface area contributed by atoms with Gasteiger partial charge < -0.3 is 5.11 Å². The predicted octanol–water partition coefficient (Wildman–Crippen LogP) is 1.99. The zero-order valence-electron chi connectivity index (χ0n) is 8.40. The van der Waals surface area contributed by atoms with Crippen molar-refractivity contribution in [2.45, 2.75) is 18.2 Å². The molecule has 0 spiro atoms. The second-order valence-electron chi connectivity index (χ2n) is 3.17. The predicted molar refractivity (Wildman–Crippen MR) is 59.2 cm³/mol. The minimum atomic E-state index is -0.856. The molecule has 0 aliphatic heterocycles. The van der Waals surface area contributed by atoms with Crippen LogP contribution >= 0.6 is 11.8 Å². The lowest BCUT2D eigenvalue weighted by molar-refractivity contribution is -0.136. The molecule has 0 aromatic heterocycles. The normalized spacial score (nSPS) is 9.93. The van der Waals surface area contributed by atoms with E-state index in [1.54, 1.807) is 12.1 Å². The highest BCUT2D eigenvalue weighted by atomic mass is 32.2. The van der Waals surface area contributed by atoms with E-state index < -0.39 is 5.97 Å². The van der Waals surface area contributed by atoms with Crippen molar-refractivity contribution >= 4 is 23.5 Å². The zero-order chi connectivity index (χ0) is 11.3. The number of hydrogen-bond donors (Lipinski definition) is 1. The van der Waals surface area contributed by atoms with E-state index in [0.29, 0.717) is 5.75 Å². The molecule has 1 aromatic rings. The van der Waals surface area contributed by atoms with Gasteiger partial charge in [-0.1, -0.05) is 18.2 Å². The number of benzene rings is 1. The Kier molecular flexibility index (Phi) is 4.37. The molecule has 0 aliphatic carbocycles. The molecule has 0 heterocycles. The first kappa shape index (κ1) is 11.8. The maximum Gasteiger partial charge on any atom is 0.307 e. The van der Waals surface area contributed by atoms with Crippen LogP contribution in [-0.2, 0) is 16.0 Å². The van der Waals surface area contributed by atoms with Crippen LogP contribution in [-0.4, -0.2) is 22.6 Å². The quantitative estimate of drug-likeness (QED) is 0.777. The lowest BCUT2D eigenvalue weighted by Gasteiger charge is -2.05. The molecule has 0 aliphatic rings. The first-order valence-corrected chi connectivity index (χ1v) is 5.50. The van der Waals surface area contributed by atoms with Crippen LogP contribution in [0.2, 0.25) is 0 Å². The Labute approximate surface area is 92.5 Å². The van der Waals surface area contributed by atoms with E-state index >= 15 is 0 Å². The molecular weight excluding hydrogens is 212 g/mol. The average molecular weight is 224 g/mol. The Morgan fingerprint density at radius 2 is 2.00 bits per heavy atom. The van der Waals surface area contributed by atoms with Crippen molar-refractivity contribution in [3.8, 4) is 0 Å². The van der Waals surface area contributed by atoms with Crippen LogP contribution in [0.5, 0.6) is 0 Å². The molecule has 0 radical (unpaired) electrons. The molecule has 0 fully saturated rings. The molecule has 4 heteroatoms. The van der Waals surface area contributed by atoms with E-state index in [9.17, 15) is 9.59 Å². The van der Waals surface area contributed by atoms with E-state index in [1.807, 2.05) is 12.1 Å². The van der Waals surface area contributed by atoms with Gasteiger partial charge in [-0.15, -0.1) is 11.8 Å². The minimum Gasteiger partial charge on any atom is -0.481 e. The summed E-state index contributed by atoms with van der Waals surface area (Å²) in [4.78, 5) is 22.3. The Hall–Kier alpha value is -1.29. The molecule has 15 heavy (non-hydrogen) atoms. The van der Waals surface area contributed by atoms with E-state index in [4.69, 9.17) is 5.11 Å². The van der Waals surface area contributed by atoms with Crippen molar-refractivity contribution in [3.63, 3.8) is 0 Å². The minimum absolute atomic E-state index is 0.00107. The molecule has 80 valence electrons.